The molecule has 5 rings (SSSR count). The molecule has 1 atom stereocenters. The Bertz CT molecular complexity index is 1420. The molecular weight excluding hydrogens is 393 g/mol. The van der Waals surface area contributed by atoms with Crippen molar-refractivity contribution in [1.82, 2.24) is 0 Å². The second-order valence-corrected chi connectivity index (χ2v) is 8.07. The molecule has 0 saturated carbocycles. The van der Waals surface area contributed by atoms with E-state index >= 15 is 0 Å². The van der Waals surface area contributed by atoms with Crippen molar-refractivity contribution in [2.75, 3.05) is 4.90 Å². The van der Waals surface area contributed by atoms with E-state index in [1.165, 1.54) is 12.1 Å². The zero-order valence-corrected chi connectivity index (χ0v) is 17.4. The number of nitrogens with zero attached hydrogens (tertiary/aromatic N) is 1. The van der Waals surface area contributed by atoms with Gasteiger partial charge in [-0.25, -0.2) is 4.39 Å². The average Bonchev–Trinajstić information content (AvgIpc) is 3.04. The monoisotopic (exact) mass is 413 g/mol. The molecule has 3 aromatic carbocycles. The number of halogens is 1. The maximum atomic E-state index is 13.9. The lowest BCUT2D eigenvalue weighted by Crippen LogP contribution is -2.29. The van der Waals surface area contributed by atoms with Gasteiger partial charge in [-0.2, -0.15) is 0 Å². The number of benzene rings is 3. The normalized spacial score (nSPS) is 15.5. The summed E-state index contributed by atoms with van der Waals surface area (Å²) in [5.41, 5.74) is 4.73. The molecule has 0 spiro atoms. The van der Waals surface area contributed by atoms with Gasteiger partial charge in [-0.15, -0.1) is 0 Å². The molecule has 154 valence electrons. The lowest BCUT2D eigenvalue weighted by Gasteiger charge is -2.26. The number of carbonyl (C=O) groups is 1. The van der Waals surface area contributed by atoms with Crippen LogP contribution in [0.1, 0.15) is 44.4 Å². The topological polar surface area (TPSA) is 50.5 Å². The number of anilines is 1. The predicted octanol–water partition coefficient (Wildman–Crippen LogP) is 5.61. The highest BCUT2D eigenvalue weighted by Gasteiger charge is 2.43. The molecule has 1 aromatic heterocycles. The van der Waals surface area contributed by atoms with E-state index in [2.05, 4.69) is 0 Å². The average molecular weight is 413 g/mol. The minimum Gasteiger partial charge on any atom is -0.450 e. The molecule has 1 aliphatic heterocycles. The fraction of sp³-hybridized carbons (Fsp3) is 0.154. The quantitative estimate of drug-likeness (QED) is 0.429. The zero-order chi connectivity index (χ0) is 21.9. The van der Waals surface area contributed by atoms with Crippen LogP contribution in [0.2, 0.25) is 0 Å². The van der Waals surface area contributed by atoms with Crippen molar-refractivity contribution in [2.24, 2.45) is 0 Å². The van der Waals surface area contributed by atoms with Crippen molar-refractivity contribution >= 4 is 22.6 Å². The van der Waals surface area contributed by atoms with Crippen molar-refractivity contribution in [3.63, 3.8) is 0 Å². The Hall–Kier alpha value is -3.73. The lowest BCUT2D eigenvalue weighted by molar-refractivity contribution is 0.0971. The highest BCUT2D eigenvalue weighted by molar-refractivity contribution is 6.10. The lowest BCUT2D eigenvalue weighted by atomic mass is 9.97. The van der Waals surface area contributed by atoms with Crippen molar-refractivity contribution < 1.29 is 13.6 Å². The summed E-state index contributed by atoms with van der Waals surface area (Å²) < 4.78 is 19.8. The van der Waals surface area contributed by atoms with Crippen LogP contribution < -0.4 is 10.3 Å². The first-order valence-electron chi connectivity index (χ1n) is 10.1. The summed E-state index contributed by atoms with van der Waals surface area (Å²) in [6.45, 7) is 5.96. The first-order chi connectivity index (χ1) is 14.8. The molecule has 4 aromatic rings. The van der Waals surface area contributed by atoms with Gasteiger partial charge >= 0.3 is 0 Å². The van der Waals surface area contributed by atoms with E-state index in [0.29, 0.717) is 5.69 Å². The van der Waals surface area contributed by atoms with Crippen LogP contribution in [0.4, 0.5) is 10.1 Å². The minimum absolute atomic E-state index is 0.00733. The Balaban J connectivity index is 1.82. The van der Waals surface area contributed by atoms with E-state index in [4.69, 9.17) is 4.42 Å². The molecule has 1 aliphatic rings. The van der Waals surface area contributed by atoms with Gasteiger partial charge in [0.05, 0.1) is 17.0 Å². The van der Waals surface area contributed by atoms with E-state index in [9.17, 15) is 14.0 Å². The van der Waals surface area contributed by atoms with Gasteiger partial charge in [0, 0.05) is 5.69 Å². The van der Waals surface area contributed by atoms with Gasteiger partial charge in [0.1, 0.15) is 11.4 Å². The number of amides is 1. The summed E-state index contributed by atoms with van der Waals surface area (Å²) in [7, 11) is 0. The molecular formula is C26H20FNO3. The predicted molar refractivity (Wildman–Crippen MR) is 118 cm³/mol. The van der Waals surface area contributed by atoms with Crippen LogP contribution in [0.5, 0.6) is 0 Å². The highest BCUT2D eigenvalue weighted by Crippen LogP contribution is 2.41. The van der Waals surface area contributed by atoms with Crippen molar-refractivity contribution in [1.29, 1.82) is 0 Å². The van der Waals surface area contributed by atoms with Crippen LogP contribution in [0.15, 0.2) is 69.9 Å². The van der Waals surface area contributed by atoms with Gasteiger partial charge in [0.25, 0.3) is 5.91 Å². The van der Waals surface area contributed by atoms with Crippen molar-refractivity contribution in [3.8, 4) is 0 Å². The van der Waals surface area contributed by atoms with Gasteiger partial charge in [-0.1, -0.05) is 35.9 Å². The van der Waals surface area contributed by atoms with Gasteiger partial charge in [-0.05, 0) is 67.8 Å². The molecule has 31 heavy (non-hydrogen) atoms. The second kappa shape index (κ2) is 6.91. The summed E-state index contributed by atoms with van der Waals surface area (Å²) in [4.78, 5) is 28.6. The van der Waals surface area contributed by atoms with E-state index in [0.717, 1.165) is 28.3 Å². The standard InChI is InChI=1S/C26H20FNO3/c1-14-4-7-17(8-5-14)23-22-24(29)20-13-18(27)9-11-21(20)31-25(22)26(30)28(23)19-10-6-15(2)16(3)12-19/h4-13,23H,1-3H3. The van der Waals surface area contributed by atoms with E-state index in [1.54, 1.807) is 4.90 Å². The van der Waals surface area contributed by atoms with Gasteiger partial charge in [-0.3, -0.25) is 14.5 Å². The zero-order valence-electron chi connectivity index (χ0n) is 17.4. The maximum absolute atomic E-state index is 13.9. The number of carbonyl (C=O) groups excluding carboxylic acids is 1. The van der Waals surface area contributed by atoms with Crippen molar-refractivity contribution in [2.45, 2.75) is 26.8 Å². The van der Waals surface area contributed by atoms with Crippen LogP contribution in [0.25, 0.3) is 11.0 Å². The summed E-state index contributed by atoms with van der Waals surface area (Å²) >= 11 is 0. The third kappa shape index (κ3) is 2.96. The summed E-state index contributed by atoms with van der Waals surface area (Å²) in [5.74, 6) is -0.901. The molecule has 0 N–H and O–H groups in total. The molecule has 4 nitrogen and oxygen atoms in total. The Labute approximate surface area is 178 Å². The van der Waals surface area contributed by atoms with Crippen molar-refractivity contribution in [3.05, 3.63) is 110 Å². The molecule has 2 heterocycles. The van der Waals surface area contributed by atoms with Crippen LogP contribution in [-0.2, 0) is 0 Å². The number of fused-ring (bicyclic) bond motifs is 2. The molecule has 0 radical (unpaired) electrons. The Kier molecular flexibility index (Phi) is 4.29. The summed E-state index contributed by atoms with van der Waals surface area (Å²) in [6, 6.07) is 16.6. The summed E-state index contributed by atoms with van der Waals surface area (Å²) in [6.07, 6.45) is 0. The number of aryl methyl sites for hydroxylation is 3. The Morgan fingerprint density at radius 2 is 1.61 bits per heavy atom. The largest absolute Gasteiger partial charge is 0.450 e. The number of hydrogen-bond donors (Lipinski definition) is 0. The van der Waals surface area contributed by atoms with E-state index in [1.807, 2.05) is 63.2 Å². The second-order valence-electron chi connectivity index (χ2n) is 8.07. The van der Waals surface area contributed by atoms with Crippen LogP contribution in [0.3, 0.4) is 0 Å². The fourth-order valence-electron chi connectivity index (χ4n) is 4.15. The SMILES string of the molecule is Cc1ccc(C2c3c(oc4ccc(F)cc4c3=O)C(=O)N2c2ccc(C)c(C)c2)cc1. The minimum atomic E-state index is -0.658. The van der Waals surface area contributed by atoms with E-state index < -0.39 is 11.9 Å². The Morgan fingerprint density at radius 1 is 0.871 bits per heavy atom. The summed E-state index contributed by atoms with van der Waals surface area (Å²) in [5, 5.41) is 0.130. The fourth-order valence-corrected chi connectivity index (χ4v) is 4.15. The van der Waals surface area contributed by atoms with Gasteiger partial charge in [0.2, 0.25) is 5.76 Å². The van der Waals surface area contributed by atoms with Gasteiger partial charge < -0.3 is 4.42 Å². The molecule has 1 unspecified atom stereocenters. The first kappa shape index (κ1) is 19.2. The highest BCUT2D eigenvalue weighted by atomic mass is 19.1. The third-order valence-electron chi connectivity index (χ3n) is 5.99. The molecule has 5 heteroatoms. The molecule has 0 saturated heterocycles. The smallest absolute Gasteiger partial charge is 0.295 e. The number of rotatable bonds is 2. The first-order valence-corrected chi connectivity index (χ1v) is 10.1. The van der Waals surface area contributed by atoms with E-state index in [-0.39, 0.29) is 33.6 Å². The molecule has 0 aliphatic carbocycles. The Morgan fingerprint density at radius 3 is 2.32 bits per heavy atom. The van der Waals surface area contributed by atoms with Gasteiger partial charge in [0.15, 0.2) is 5.43 Å². The molecule has 0 bridgehead atoms. The van der Waals surface area contributed by atoms with Crippen LogP contribution in [0, 0.1) is 26.6 Å². The molecule has 0 fully saturated rings. The number of hydrogen-bond acceptors (Lipinski definition) is 3. The third-order valence-corrected chi connectivity index (χ3v) is 5.99. The molecule has 1 amide bonds. The van der Waals surface area contributed by atoms with Crippen LogP contribution in [-0.4, -0.2) is 5.91 Å². The van der Waals surface area contributed by atoms with Crippen LogP contribution >= 0.6 is 0 Å². The maximum Gasteiger partial charge on any atom is 0.295 e.